The second kappa shape index (κ2) is 19.9. The molecule has 0 bridgehead atoms. The van der Waals surface area contributed by atoms with Crippen LogP contribution >= 0.6 is 0 Å². The molecule has 0 aromatic heterocycles. The molecule has 15 heteroatoms. The van der Waals surface area contributed by atoms with Gasteiger partial charge in [0, 0.05) is 25.2 Å². The topological polar surface area (TPSA) is 230 Å². The Balaban J connectivity index is 2.14. The minimum atomic E-state index is -4.10. The van der Waals surface area contributed by atoms with Gasteiger partial charge in [-0.15, -0.1) is 0 Å². The van der Waals surface area contributed by atoms with Gasteiger partial charge < -0.3 is 46.6 Å². The predicted molar refractivity (Wildman–Crippen MR) is 177 cm³/mol. The number of nitrogens with two attached hydrogens (primary N) is 1. The van der Waals surface area contributed by atoms with Gasteiger partial charge in [0.15, 0.2) is 5.96 Å². The van der Waals surface area contributed by atoms with E-state index in [2.05, 4.69) is 21.3 Å². The Kier molecular flexibility index (Phi) is 16.7. The number of benzene rings is 1. The van der Waals surface area contributed by atoms with Crippen molar-refractivity contribution in [1.29, 1.82) is 5.41 Å². The van der Waals surface area contributed by atoms with E-state index in [4.69, 9.17) is 11.1 Å². The molecule has 1 aliphatic heterocycles. The second-order valence-corrected chi connectivity index (χ2v) is 14.8. The van der Waals surface area contributed by atoms with Crippen LogP contribution in [0.2, 0.25) is 0 Å². The number of carbonyl (C=O) groups is 4. The van der Waals surface area contributed by atoms with E-state index < -0.39 is 50.5 Å². The van der Waals surface area contributed by atoms with Crippen LogP contribution in [-0.2, 0) is 25.6 Å². The SMILES string of the molecule is CCCC(CCC)C(=O)N[C@@H](CC(=O)O)C(=O)N1CCC[C@H]1C(=O)N[C@@H](CCCNC(=N)N)[Si](O)(O)CNCCc1ccccc1. The van der Waals surface area contributed by atoms with Crippen molar-refractivity contribution in [2.24, 2.45) is 11.7 Å². The van der Waals surface area contributed by atoms with Gasteiger partial charge in [-0.05, 0) is 57.1 Å². The molecule has 10 N–H and O–H groups in total. The van der Waals surface area contributed by atoms with Crippen LogP contribution in [0, 0.1) is 11.3 Å². The van der Waals surface area contributed by atoms with Gasteiger partial charge in [-0.1, -0.05) is 57.0 Å². The van der Waals surface area contributed by atoms with E-state index in [1.807, 2.05) is 44.2 Å². The smallest absolute Gasteiger partial charge is 0.370 e. The maximum absolute atomic E-state index is 13.6. The Morgan fingerprint density at radius 2 is 1.72 bits per heavy atom. The molecule has 3 atom stereocenters. The number of guanidine groups is 1. The van der Waals surface area contributed by atoms with Crippen molar-refractivity contribution in [1.82, 2.24) is 26.2 Å². The molecule has 3 amide bonds. The van der Waals surface area contributed by atoms with Gasteiger partial charge in [0.05, 0.1) is 12.1 Å². The van der Waals surface area contributed by atoms with Crippen molar-refractivity contribution in [3.8, 4) is 0 Å². The largest absolute Gasteiger partial charge is 0.481 e. The fourth-order valence-electron chi connectivity index (χ4n) is 5.76. The monoisotopic (exact) mass is 663 g/mol. The van der Waals surface area contributed by atoms with Crippen molar-refractivity contribution >= 4 is 38.2 Å². The lowest BCUT2D eigenvalue weighted by Crippen LogP contribution is -2.65. The minimum Gasteiger partial charge on any atom is -0.481 e. The highest BCUT2D eigenvalue weighted by Crippen LogP contribution is 2.21. The summed E-state index contributed by atoms with van der Waals surface area (Å²) < 4.78 is 0. The third-order valence-electron chi connectivity index (χ3n) is 8.15. The van der Waals surface area contributed by atoms with E-state index in [1.54, 1.807) is 0 Å². The predicted octanol–water partition coefficient (Wildman–Crippen LogP) is 0.239. The molecule has 1 saturated heterocycles. The highest BCUT2D eigenvalue weighted by Gasteiger charge is 2.44. The van der Waals surface area contributed by atoms with Crippen molar-refractivity contribution in [3.05, 3.63) is 35.9 Å². The Bertz CT molecular complexity index is 1140. The van der Waals surface area contributed by atoms with E-state index in [-0.39, 0.29) is 43.5 Å². The van der Waals surface area contributed by atoms with Gasteiger partial charge in [0.25, 0.3) is 0 Å². The second-order valence-electron chi connectivity index (χ2n) is 12.0. The molecule has 1 aromatic carbocycles. The average molecular weight is 664 g/mol. The molecule has 2 rings (SSSR count). The highest BCUT2D eigenvalue weighted by atomic mass is 28.4. The molecule has 1 heterocycles. The fraction of sp³-hybridized carbons (Fsp3) is 0.645. The Morgan fingerprint density at radius 3 is 2.33 bits per heavy atom. The maximum atomic E-state index is 13.6. The first kappa shape index (κ1) is 38.6. The van der Waals surface area contributed by atoms with Crippen molar-refractivity contribution < 1.29 is 33.9 Å². The van der Waals surface area contributed by atoms with Crippen LogP contribution in [0.15, 0.2) is 30.3 Å². The molecule has 0 saturated carbocycles. The van der Waals surface area contributed by atoms with Gasteiger partial charge in [0.1, 0.15) is 12.1 Å². The molecule has 1 aromatic rings. The first-order chi connectivity index (χ1) is 21.9. The molecule has 0 radical (unpaired) electrons. The van der Waals surface area contributed by atoms with Crippen LogP contribution in [0.3, 0.4) is 0 Å². The number of hydrogen-bond donors (Lipinski definition) is 9. The summed E-state index contributed by atoms with van der Waals surface area (Å²) in [5.74, 6) is -3.42. The zero-order valence-electron chi connectivity index (χ0n) is 27.1. The first-order valence-electron chi connectivity index (χ1n) is 16.3. The Hall–Kier alpha value is -3.53. The number of likely N-dealkylation sites (tertiary alicyclic amines) is 1. The molecule has 0 spiro atoms. The summed E-state index contributed by atoms with van der Waals surface area (Å²) in [7, 11) is -4.10. The number of amides is 3. The third-order valence-corrected chi connectivity index (χ3v) is 10.5. The van der Waals surface area contributed by atoms with Gasteiger partial charge in [-0.25, -0.2) is 0 Å². The summed E-state index contributed by atoms with van der Waals surface area (Å²) in [6, 6.07) is 7.44. The van der Waals surface area contributed by atoms with Gasteiger partial charge in [0.2, 0.25) is 17.7 Å². The molecule has 258 valence electrons. The molecular weight excluding hydrogens is 610 g/mol. The first-order valence-corrected chi connectivity index (χ1v) is 18.5. The summed E-state index contributed by atoms with van der Waals surface area (Å²) >= 11 is 0. The Morgan fingerprint density at radius 1 is 1.04 bits per heavy atom. The molecule has 1 fully saturated rings. The summed E-state index contributed by atoms with van der Waals surface area (Å²) in [4.78, 5) is 75.7. The number of aliphatic carboxylic acids is 1. The number of hydrogen-bond acceptors (Lipinski definition) is 8. The standard InChI is InChI=1S/C31H53N7O7Si/c1-3-10-23(11-4-2)28(41)36-24(20-27(39)40)30(43)38-19-9-14-25(38)29(42)37-26(15-8-17-35-31(32)33)46(44,45)21-34-18-16-22-12-6-5-7-13-22/h5-7,12-13,23-26,34,44-45H,3-4,8-11,14-21H2,1-2H3,(H,36,41)(H,37,42)(H,39,40)(H4,32,33,35)/t24-,25-,26+/m0/s1. The third kappa shape index (κ3) is 13.1. The lowest BCUT2D eigenvalue weighted by molar-refractivity contribution is -0.146. The van der Waals surface area contributed by atoms with E-state index in [0.29, 0.717) is 45.1 Å². The van der Waals surface area contributed by atoms with E-state index in [0.717, 1.165) is 18.4 Å². The Labute approximate surface area is 272 Å². The van der Waals surface area contributed by atoms with Gasteiger partial charge in [-0.2, -0.15) is 0 Å². The van der Waals surface area contributed by atoms with Crippen LogP contribution in [-0.4, -0.2) is 101 Å². The maximum Gasteiger partial charge on any atom is 0.370 e. The minimum absolute atomic E-state index is 0.109. The number of rotatable bonds is 21. The van der Waals surface area contributed by atoms with Crippen molar-refractivity contribution in [3.63, 3.8) is 0 Å². The molecule has 0 unspecified atom stereocenters. The number of carboxylic acid groups (broad SMARTS) is 1. The van der Waals surface area contributed by atoms with Crippen molar-refractivity contribution in [2.45, 2.75) is 95.8 Å². The van der Waals surface area contributed by atoms with E-state index >= 15 is 0 Å². The molecule has 46 heavy (non-hydrogen) atoms. The number of nitrogens with one attached hydrogen (secondary N) is 5. The number of nitrogens with zero attached hydrogens (tertiary/aromatic N) is 1. The zero-order valence-corrected chi connectivity index (χ0v) is 28.1. The van der Waals surface area contributed by atoms with E-state index in [9.17, 15) is 33.9 Å². The quantitative estimate of drug-likeness (QED) is 0.0376. The highest BCUT2D eigenvalue weighted by molar-refractivity contribution is 6.66. The van der Waals surface area contributed by atoms with Gasteiger partial charge in [-0.3, -0.25) is 24.6 Å². The number of carbonyl (C=O) groups excluding carboxylic acids is 3. The molecular formula is C31H53N7O7Si. The lowest BCUT2D eigenvalue weighted by Gasteiger charge is -2.33. The molecule has 1 aliphatic rings. The normalized spacial score (nSPS) is 16.1. The summed E-state index contributed by atoms with van der Waals surface area (Å²) in [6.07, 6.45) is 4.04. The van der Waals surface area contributed by atoms with Crippen LogP contribution in [0.1, 0.15) is 77.2 Å². The summed E-state index contributed by atoms with van der Waals surface area (Å²) in [5.41, 5.74) is 5.45. The summed E-state index contributed by atoms with van der Waals surface area (Å²) in [6.45, 7) is 4.88. The molecule has 14 nitrogen and oxygen atoms in total. The van der Waals surface area contributed by atoms with E-state index in [1.165, 1.54) is 4.90 Å². The zero-order chi connectivity index (χ0) is 34.1. The average Bonchev–Trinajstić information content (AvgIpc) is 3.50. The van der Waals surface area contributed by atoms with Crippen LogP contribution in [0.5, 0.6) is 0 Å². The van der Waals surface area contributed by atoms with Crippen molar-refractivity contribution in [2.75, 3.05) is 25.8 Å². The summed E-state index contributed by atoms with van der Waals surface area (Å²) in [5, 5.41) is 28.1. The molecule has 0 aliphatic carbocycles. The van der Waals surface area contributed by atoms with Crippen LogP contribution < -0.4 is 27.0 Å². The lowest BCUT2D eigenvalue weighted by atomic mass is 9.96. The fourth-order valence-corrected chi connectivity index (χ4v) is 7.59. The van der Waals surface area contributed by atoms with Crippen LogP contribution in [0.4, 0.5) is 0 Å². The van der Waals surface area contributed by atoms with Gasteiger partial charge >= 0.3 is 14.5 Å². The number of carboxylic acids is 1. The van der Waals surface area contributed by atoms with Crippen LogP contribution in [0.25, 0.3) is 0 Å².